The Morgan fingerprint density at radius 1 is 1.00 bits per heavy atom. The van der Waals surface area contributed by atoms with Gasteiger partial charge in [-0.25, -0.2) is 13.6 Å². The van der Waals surface area contributed by atoms with E-state index in [-0.39, 0.29) is 25.1 Å². The smallest absolute Gasteiger partial charge is 0.328 e. The van der Waals surface area contributed by atoms with Crippen molar-refractivity contribution in [2.24, 2.45) is 11.1 Å². The van der Waals surface area contributed by atoms with E-state index in [0.29, 0.717) is 17.8 Å². The molecule has 4 amide bonds. The minimum Gasteiger partial charge on any atom is -0.480 e. The number of nitrogens with zero attached hydrogens (tertiary/aromatic N) is 2. The van der Waals surface area contributed by atoms with Crippen LogP contribution in [0.5, 0.6) is 0 Å². The maximum absolute atomic E-state index is 15.0. The fraction of sp³-hybridized carbons (Fsp3) is 0.400. The molecule has 2 aromatic carbocycles. The van der Waals surface area contributed by atoms with Crippen LogP contribution in [-0.4, -0.2) is 87.6 Å². The van der Waals surface area contributed by atoms with Crippen molar-refractivity contribution >= 4 is 29.6 Å². The molecule has 3 rings (SSSR count). The van der Waals surface area contributed by atoms with Crippen LogP contribution in [-0.2, 0) is 30.5 Å². The molecule has 3 aromatic rings. The summed E-state index contributed by atoms with van der Waals surface area (Å²) in [5.41, 5.74) is 7.25. The molecule has 7 N–H and O–H groups in total. The number of amides is 4. The zero-order chi connectivity index (χ0) is 37.2. The first-order valence-corrected chi connectivity index (χ1v) is 15.9. The van der Waals surface area contributed by atoms with Crippen molar-refractivity contribution in [2.75, 3.05) is 26.2 Å². The van der Waals surface area contributed by atoms with Crippen LogP contribution in [0, 0.1) is 17.0 Å². The lowest BCUT2D eigenvalue weighted by molar-refractivity contribution is -0.142. The molecule has 0 fully saturated rings. The maximum Gasteiger partial charge on any atom is 0.328 e. The van der Waals surface area contributed by atoms with Crippen LogP contribution in [0.4, 0.5) is 8.78 Å². The number of aromatic nitrogens is 1. The highest BCUT2D eigenvalue weighted by molar-refractivity contribution is 5.88. The van der Waals surface area contributed by atoms with E-state index in [4.69, 9.17) is 5.73 Å². The topological polar surface area (TPSA) is 196 Å². The summed E-state index contributed by atoms with van der Waals surface area (Å²) >= 11 is 0. The lowest BCUT2D eigenvalue weighted by Crippen LogP contribution is -2.54. The number of rotatable bonds is 16. The Balaban J connectivity index is 1.92. The molecule has 0 spiro atoms. The van der Waals surface area contributed by atoms with Crippen molar-refractivity contribution in [1.29, 1.82) is 0 Å². The lowest BCUT2D eigenvalue weighted by atomic mass is 9.82. The van der Waals surface area contributed by atoms with Gasteiger partial charge in [0.25, 0.3) is 0 Å². The van der Waals surface area contributed by atoms with Gasteiger partial charge in [0.05, 0.1) is 18.6 Å². The number of aliphatic carboxylic acids is 1. The highest BCUT2D eigenvalue weighted by atomic mass is 19.1. The van der Waals surface area contributed by atoms with Gasteiger partial charge in [0.15, 0.2) is 0 Å². The predicted octanol–water partition coefficient (Wildman–Crippen LogP) is 1.93. The summed E-state index contributed by atoms with van der Waals surface area (Å²) in [5.74, 6) is -5.40. The van der Waals surface area contributed by atoms with Gasteiger partial charge in [-0.1, -0.05) is 51.1 Å². The van der Waals surface area contributed by atoms with Crippen molar-refractivity contribution in [1.82, 2.24) is 25.4 Å². The van der Waals surface area contributed by atoms with E-state index in [0.717, 1.165) is 23.8 Å². The van der Waals surface area contributed by atoms with Gasteiger partial charge in [-0.15, -0.1) is 0 Å². The molecular weight excluding hydrogens is 654 g/mol. The van der Waals surface area contributed by atoms with Crippen molar-refractivity contribution in [3.05, 3.63) is 83.7 Å². The number of carbonyl (C=O) groups excluding carboxylic acids is 4. The second-order valence-corrected chi connectivity index (χ2v) is 12.9. The lowest BCUT2D eigenvalue weighted by Gasteiger charge is -2.41. The van der Waals surface area contributed by atoms with E-state index in [1.807, 2.05) is 55.7 Å². The fourth-order valence-corrected chi connectivity index (χ4v) is 5.47. The number of halogens is 2. The summed E-state index contributed by atoms with van der Waals surface area (Å²) < 4.78 is 31.1. The van der Waals surface area contributed by atoms with Crippen molar-refractivity contribution in [3.8, 4) is 11.1 Å². The van der Waals surface area contributed by atoms with Gasteiger partial charge in [-0.3, -0.25) is 19.2 Å². The van der Waals surface area contributed by atoms with Crippen molar-refractivity contribution in [2.45, 2.75) is 58.8 Å². The van der Waals surface area contributed by atoms with E-state index in [9.17, 15) is 43.0 Å². The molecule has 0 saturated carbocycles. The van der Waals surface area contributed by atoms with Gasteiger partial charge >= 0.3 is 5.97 Å². The molecule has 0 saturated heterocycles. The average Bonchev–Trinajstić information content (AvgIpc) is 3.46. The van der Waals surface area contributed by atoms with Gasteiger partial charge < -0.3 is 41.4 Å². The van der Waals surface area contributed by atoms with Crippen LogP contribution in [0.2, 0.25) is 0 Å². The molecule has 1 aromatic heterocycles. The Hall–Kier alpha value is -5.15. The molecular formula is C35H44F2N6O7. The summed E-state index contributed by atoms with van der Waals surface area (Å²) in [6.45, 7) is 5.21. The Labute approximate surface area is 288 Å². The second kappa shape index (κ2) is 17.5. The summed E-state index contributed by atoms with van der Waals surface area (Å²) in [7, 11) is 0. The van der Waals surface area contributed by atoms with Crippen LogP contribution in [0.1, 0.15) is 51.4 Å². The number of benzene rings is 2. The van der Waals surface area contributed by atoms with Crippen molar-refractivity contribution < 1.29 is 43.0 Å². The first-order valence-electron chi connectivity index (χ1n) is 15.9. The van der Waals surface area contributed by atoms with Crippen molar-refractivity contribution in [3.63, 3.8) is 0 Å². The van der Waals surface area contributed by atoms with E-state index in [1.165, 1.54) is 11.8 Å². The number of nitrogens with two attached hydrogens (primary N) is 1. The van der Waals surface area contributed by atoms with E-state index in [1.54, 1.807) is 12.3 Å². The molecule has 0 aliphatic heterocycles. The molecule has 0 aliphatic carbocycles. The zero-order valence-corrected chi connectivity index (χ0v) is 28.4. The number of carboxylic acids is 1. The Morgan fingerprint density at radius 2 is 1.68 bits per heavy atom. The first-order chi connectivity index (χ1) is 23.5. The minimum absolute atomic E-state index is 0.0174. The molecule has 0 aliphatic rings. The van der Waals surface area contributed by atoms with Gasteiger partial charge in [0, 0.05) is 49.6 Å². The molecule has 270 valence electrons. The van der Waals surface area contributed by atoms with Crippen LogP contribution in [0.3, 0.4) is 0 Å². The number of nitrogens with one attached hydrogen (secondary N) is 3. The summed E-state index contributed by atoms with van der Waals surface area (Å²) in [5, 5.41) is 26.5. The third-order valence-corrected chi connectivity index (χ3v) is 7.87. The zero-order valence-electron chi connectivity index (χ0n) is 28.4. The van der Waals surface area contributed by atoms with Gasteiger partial charge in [0.1, 0.15) is 24.3 Å². The van der Waals surface area contributed by atoms with Crippen LogP contribution >= 0.6 is 0 Å². The summed E-state index contributed by atoms with van der Waals surface area (Å²) in [6, 6.07) is 10.5. The Morgan fingerprint density at radius 3 is 2.28 bits per heavy atom. The van der Waals surface area contributed by atoms with E-state index >= 15 is 0 Å². The molecule has 3 atom stereocenters. The number of aliphatic hydroxyl groups excluding tert-OH is 1. The van der Waals surface area contributed by atoms with Crippen LogP contribution < -0.4 is 21.7 Å². The third-order valence-electron chi connectivity index (χ3n) is 7.87. The van der Waals surface area contributed by atoms with E-state index in [2.05, 4.69) is 16.0 Å². The van der Waals surface area contributed by atoms with Crippen LogP contribution in [0.25, 0.3) is 11.1 Å². The van der Waals surface area contributed by atoms with Gasteiger partial charge in [-0.2, -0.15) is 0 Å². The average molecular weight is 699 g/mol. The molecule has 13 nitrogen and oxygen atoms in total. The first kappa shape index (κ1) is 39.3. The second-order valence-electron chi connectivity index (χ2n) is 12.9. The molecule has 15 heteroatoms. The molecule has 0 radical (unpaired) electrons. The number of hydrogen-bond acceptors (Lipinski definition) is 7. The molecule has 0 bridgehead atoms. The van der Waals surface area contributed by atoms with Gasteiger partial charge in [-0.05, 0) is 41.7 Å². The number of aliphatic hydroxyl groups is 1. The fourth-order valence-electron chi connectivity index (χ4n) is 5.47. The van der Waals surface area contributed by atoms with Gasteiger partial charge in [0.2, 0.25) is 23.6 Å². The Kier molecular flexibility index (Phi) is 13.7. The minimum atomic E-state index is -1.55. The number of carboxylic acid groups (broad SMARTS) is 1. The quantitative estimate of drug-likeness (QED) is 0.131. The highest BCUT2D eigenvalue weighted by Crippen LogP contribution is 2.41. The third kappa shape index (κ3) is 10.9. The normalized spacial score (nSPS) is 13.1. The molecule has 50 heavy (non-hydrogen) atoms. The molecule has 0 unspecified atom stereocenters. The molecule has 1 heterocycles. The van der Waals surface area contributed by atoms with Crippen LogP contribution in [0.15, 0.2) is 60.8 Å². The summed E-state index contributed by atoms with van der Waals surface area (Å²) in [4.78, 5) is 62.5. The highest BCUT2D eigenvalue weighted by Gasteiger charge is 2.37. The number of carbonyl (C=O) groups is 5. The largest absolute Gasteiger partial charge is 0.480 e. The SMILES string of the molecule is CC(=O)NCC(=O)NC[C@@H](NC(=O)[C@@H](N)CCN(C(=O)CO)[C@@H](c1cc(-c2cc(F)ccc2F)cn1Cc1ccccc1)C(C)(C)C)C(=O)O. The predicted molar refractivity (Wildman–Crippen MR) is 180 cm³/mol. The monoisotopic (exact) mass is 698 g/mol. The number of hydrogen-bond donors (Lipinski definition) is 6. The maximum atomic E-state index is 15.0. The summed E-state index contributed by atoms with van der Waals surface area (Å²) in [6.07, 6.45) is 1.51. The van der Waals surface area contributed by atoms with E-state index < -0.39 is 77.9 Å². The standard InChI is InChI=1S/C35H44F2N6O7/c1-21(45)39-17-30(46)40-16-28(34(49)50)41-33(48)27(38)12-13-43(31(47)20-44)32(35(2,3)4)29-14-23(25-15-24(36)10-11-26(25)37)19-42(29)18-22-8-6-5-7-9-22/h5-11,14-15,19,27-28,32,44H,12-13,16-18,20,38H2,1-4H3,(H,39,45)(H,40,46)(H,41,48)(H,49,50)/t27-,28+,32-/m0/s1. The Bertz CT molecular complexity index is 1680.